The number of alkyl halides is 2. The third kappa shape index (κ3) is 3.54. The topological polar surface area (TPSA) is 42.1 Å². The zero-order chi connectivity index (χ0) is 15.0. The fourth-order valence-electron chi connectivity index (χ4n) is 2.40. The predicted octanol–water partition coefficient (Wildman–Crippen LogP) is 3.17. The Kier molecular flexibility index (Phi) is 4.47. The average molecular weight is 303 g/mol. The number of nitrogens with two attached hydrogens (primary N) is 1. The Morgan fingerprint density at radius 2 is 2.00 bits per heavy atom. The summed E-state index contributed by atoms with van der Waals surface area (Å²) in [4.78, 5) is 7.62. The number of hydrogen-bond donors (Lipinski definition) is 1. The molecule has 1 aromatic rings. The number of nitrogens with zero attached hydrogens (tertiary/aromatic N) is 2. The number of hydrogen-bond acceptors (Lipinski definition) is 4. The second-order valence-electron chi connectivity index (χ2n) is 6.46. The van der Waals surface area contributed by atoms with Gasteiger partial charge in [-0.1, -0.05) is 20.8 Å². The Balaban J connectivity index is 2.11. The Morgan fingerprint density at radius 1 is 1.40 bits per heavy atom. The second-order valence-corrected chi connectivity index (χ2v) is 7.52. The van der Waals surface area contributed by atoms with Gasteiger partial charge < -0.3 is 5.73 Å². The van der Waals surface area contributed by atoms with Crippen molar-refractivity contribution in [3.05, 3.63) is 16.1 Å². The predicted molar refractivity (Wildman–Crippen MR) is 78.4 cm³/mol. The van der Waals surface area contributed by atoms with Crippen LogP contribution in [0.5, 0.6) is 0 Å². The van der Waals surface area contributed by atoms with E-state index in [9.17, 15) is 8.78 Å². The Hall–Kier alpha value is -0.590. The maximum atomic E-state index is 13.2. The van der Waals surface area contributed by atoms with E-state index in [0.29, 0.717) is 19.6 Å². The summed E-state index contributed by atoms with van der Waals surface area (Å²) in [5.41, 5.74) is 5.88. The first-order valence-corrected chi connectivity index (χ1v) is 7.83. The lowest BCUT2D eigenvalue weighted by Crippen LogP contribution is -2.43. The minimum absolute atomic E-state index is 0.0109. The molecular formula is C14H23F2N3S. The van der Waals surface area contributed by atoms with Crippen molar-refractivity contribution >= 4 is 11.3 Å². The van der Waals surface area contributed by atoms with Crippen LogP contribution in [0.4, 0.5) is 8.78 Å². The van der Waals surface area contributed by atoms with Gasteiger partial charge in [-0.05, 0) is 0 Å². The first-order chi connectivity index (χ1) is 9.23. The van der Waals surface area contributed by atoms with E-state index in [1.54, 1.807) is 11.3 Å². The van der Waals surface area contributed by atoms with Gasteiger partial charge in [-0.3, -0.25) is 4.90 Å². The van der Waals surface area contributed by atoms with Gasteiger partial charge in [0.25, 0.3) is 5.92 Å². The fraction of sp³-hybridized carbons (Fsp3) is 0.786. The third-order valence-electron chi connectivity index (χ3n) is 3.69. The Bertz CT molecular complexity index is 444. The van der Waals surface area contributed by atoms with Crippen LogP contribution in [0.1, 0.15) is 49.5 Å². The average Bonchev–Trinajstić information content (AvgIpc) is 2.81. The number of thiazole rings is 1. The minimum atomic E-state index is -2.51. The molecule has 1 aliphatic rings. The molecule has 0 bridgehead atoms. The zero-order valence-electron chi connectivity index (χ0n) is 12.3. The molecule has 2 N–H and O–H groups in total. The van der Waals surface area contributed by atoms with Crippen LogP contribution in [-0.4, -0.2) is 35.4 Å². The Morgan fingerprint density at radius 3 is 2.45 bits per heavy atom. The van der Waals surface area contributed by atoms with Gasteiger partial charge in [0.2, 0.25) is 0 Å². The van der Waals surface area contributed by atoms with Crippen molar-refractivity contribution in [3.63, 3.8) is 0 Å². The van der Waals surface area contributed by atoms with Crippen molar-refractivity contribution in [1.82, 2.24) is 9.88 Å². The molecule has 114 valence electrons. The van der Waals surface area contributed by atoms with Gasteiger partial charge in [-0.15, -0.1) is 11.3 Å². The first-order valence-electron chi connectivity index (χ1n) is 7.01. The summed E-state index contributed by atoms with van der Waals surface area (Å²) < 4.78 is 26.5. The van der Waals surface area contributed by atoms with Gasteiger partial charge in [-0.2, -0.15) is 0 Å². The van der Waals surface area contributed by atoms with E-state index in [0.717, 1.165) is 9.88 Å². The molecule has 0 radical (unpaired) electrons. The molecule has 1 unspecified atom stereocenters. The van der Waals surface area contributed by atoms with Crippen LogP contribution in [0, 0.1) is 0 Å². The number of likely N-dealkylation sites (tertiary alicyclic amines) is 1. The summed E-state index contributed by atoms with van der Waals surface area (Å²) in [5.74, 6) is -2.51. The van der Waals surface area contributed by atoms with Crippen molar-refractivity contribution < 1.29 is 8.78 Å². The highest BCUT2D eigenvalue weighted by Crippen LogP contribution is 2.35. The van der Waals surface area contributed by atoms with Crippen LogP contribution in [0.2, 0.25) is 0 Å². The van der Waals surface area contributed by atoms with E-state index in [1.165, 1.54) is 0 Å². The molecule has 0 aliphatic carbocycles. The maximum absolute atomic E-state index is 13.2. The van der Waals surface area contributed by atoms with Crippen LogP contribution in [0.3, 0.4) is 0 Å². The van der Waals surface area contributed by atoms with Crippen molar-refractivity contribution in [2.45, 2.75) is 51.0 Å². The summed E-state index contributed by atoms with van der Waals surface area (Å²) in [6.45, 7) is 7.60. The van der Waals surface area contributed by atoms with Crippen molar-refractivity contribution in [1.29, 1.82) is 0 Å². The molecule has 2 heterocycles. The van der Waals surface area contributed by atoms with Crippen LogP contribution >= 0.6 is 11.3 Å². The zero-order valence-corrected chi connectivity index (χ0v) is 13.1. The van der Waals surface area contributed by atoms with Gasteiger partial charge in [-0.25, -0.2) is 13.8 Å². The largest absolute Gasteiger partial charge is 0.329 e. The van der Waals surface area contributed by atoms with Crippen LogP contribution < -0.4 is 5.73 Å². The summed E-state index contributed by atoms with van der Waals surface area (Å²) in [6, 6.07) is 0.0136. The molecule has 0 aromatic carbocycles. The monoisotopic (exact) mass is 303 g/mol. The molecule has 1 aromatic heterocycles. The normalized spacial score (nSPS) is 21.9. The van der Waals surface area contributed by atoms with Crippen LogP contribution in [-0.2, 0) is 5.41 Å². The van der Waals surface area contributed by atoms with Crippen molar-refractivity contribution in [3.8, 4) is 0 Å². The number of aromatic nitrogens is 1. The fourth-order valence-corrected chi connectivity index (χ4v) is 3.52. The molecule has 6 heteroatoms. The highest BCUT2D eigenvalue weighted by Gasteiger charge is 2.36. The van der Waals surface area contributed by atoms with E-state index in [2.05, 4.69) is 30.7 Å². The highest BCUT2D eigenvalue weighted by atomic mass is 32.1. The number of rotatable bonds is 3. The van der Waals surface area contributed by atoms with E-state index in [4.69, 9.17) is 5.73 Å². The molecular weight excluding hydrogens is 280 g/mol. The summed E-state index contributed by atoms with van der Waals surface area (Å²) >= 11 is 1.65. The molecule has 20 heavy (non-hydrogen) atoms. The standard InChI is InChI=1S/C14H23F2N3S/c1-13(2,3)12-18-9-11(20-12)10(8-17)19-6-4-14(15,16)5-7-19/h9-10H,4-8,17H2,1-3H3. The quantitative estimate of drug-likeness (QED) is 0.932. The summed E-state index contributed by atoms with van der Waals surface area (Å²) in [6.07, 6.45) is 1.71. The minimum Gasteiger partial charge on any atom is -0.329 e. The maximum Gasteiger partial charge on any atom is 0.250 e. The lowest BCUT2D eigenvalue weighted by molar-refractivity contribution is -0.0625. The number of piperidine rings is 1. The molecule has 0 spiro atoms. The summed E-state index contributed by atoms with van der Waals surface area (Å²) in [7, 11) is 0. The lowest BCUT2D eigenvalue weighted by Gasteiger charge is -2.36. The second kappa shape index (κ2) is 5.66. The molecule has 0 saturated carbocycles. The first kappa shape index (κ1) is 15.8. The Labute approximate surface area is 123 Å². The van der Waals surface area contributed by atoms with Crippen molar-refractivity contribution in [2.75, 3.05) is 19.6 Å². The molecule has 1 saturated heterocycles. The third-order valence-corrected chi connectivity index (χ3v) is 5.21. The SMILES string of the molecule is CC(C)(C)c1ncc(C(CN)N2CCC(F)(F)CC2)s1. The molecule has 1 fully saturated rings. The van der Waals surface area contributed by atoms with Gasteiger partial charge in [0.05, 0.1) is 11.0 Å². The van der Waals surface area contributed by atoms with E-state index < -0.39 is 5.92 Å². The van der Waals surface area contributed by atoms with Gasteiger partial charge in [0.1, 0.15) is 0 Å². The molecule has 3 nitrogen and oxygen atoms in total. The number of halogens is 2. The molecule has 0 amide bonds. The van der Waals surface area contributed by atoms with Gasteiger partial charge in [0.15, 0.2) is 0 Å². The van der Waals surface area contributed by atoms with Crippen molar-refractivity contribution in [2.24, 2.45) is 5.73 Å². The lowest BCUT2D eigenvalue weighted by atomic mass is 9.98. The molecule has 1 aliphatic heterocycles. The van der Waals surface area contributed by atoms with E-state index in [-0.39, 0.29) is 24.3 Å². The molecule has 2 rings (SSSR count). The van der Waals surface area contributed by atoms with E-state index >= 15 is 0 Å². The van der Waals surface area contributed by atoms with Gasteiger partial charge >= 0.3 is 0 Å². The summed E-state index contributed by atoms with van der Waals surface area (Å²) in [5, 5.41) is 1.06. The van der Waals surface area contributed by atoms with Crippen LogP contribution in [0.15, 0.2) is 6.20 Å². The van der Waals surface area contributed by atoms with Crippen LogP contribution in [0.25, 0.3) is 0 Å². The van der Waals surface area contributed by atoms with Gasteiger partial charge in [0, 0.05) is 49.0 Å². The smallest absolute Gasteiger partial charge is 0.250 e. The molecule has 1 atom stereocenters. The highest BCUT2D eigenvalue weighted by molar-refractivity contribution is 7.11. The van der Waals surface area contributed by atoms with E-state index in [1.807, 2.05) is 6.20 Å².